The zero-order chi connectivity index (χ0) is 20.2. The van der Waals surface area contributed by atoms with Crippen molar-refractivity contribution in [2.24, 2.45) is 0 Å². The zero-order valence-corrected chi connectivity index (χ0v) is 16.5. The number of carbonyl (C=O) groups excluding carboxylic acids is 1. The summed E-state index contributed by atoms with van der Waals surface area (Å²) in [6.45, 7) is 4.07. The molecule has 0 atom stereocenters. The van der Waals surface area contributed by atoms with Crippen LogP contribution in [0.4, 0.5) is 5.95 Å². The lowest BCUT2D eigenvalue weighted by Crippen LogP contribution is -2.33. The highest BCUT2D eigenvalue weighted by Crippen LogP contribution is 2.16. The molecule has 0 saturated carbocycles. The number of anilines is 1. The van der Waals surface area contributed by atoms with Gasteiger partial charge in [0, 0.05) is 18.8 Å². The number of carbonyl (C=O) groups is 1. The van der Waals surface area contributed by atoms with Gasteiger partial charge in [0.1, 0.15) is 6.54 Å². The first-order valence-electron chi connectivity index (χ1n) is 9.90. The number of piperidine rings is 1. The highest BCUT2D eigenvalue weighted by Gasteiger charge is 2.15. The van der Waals surface area contributed by atoms with Gasteiger partial charge in [-0.15, -0.1) is 0 Å². The molecule has 29 heavy (non-hydrogen) atoms. The maximum absolute atomic E-state index is 12.5. The second-order valence-electron chi connectivity index (χ2n) is 7.32. The minimum atomic E-state index is -0.264. The van der Waals surface area contributed by atoms with Crippen molar-refractivity contribution in [2.75, 3.05) is 18.0 Å². The number of rotatable bonds is 5. The lowest BCUT2D eigenvalue weighted by molar-refractivity contribution is -0.121. The quantitative estimate of drug-likeness (QED) is 0.712. The van der Waals surface area contributed by atoms with Gasteiger partial charge >= 0.3 is 0 Å². The first-order valence-corrected chi connectivity index (χ1v) is 9.90. The van der Waals surface area contributed by atoms with E-state index in [2.05, 4.69) is 25.2 Å². The molecule has 2 aromatic heterocycles. The van der Waals surface area contributed by atoms with Crippen LogP contribution in [-0.4, -0.2) is 38.5 Å². The standard InChI is InChI=1S/C21H24N6O2/c1-15-11-16(25-21(24-15)26-9-5-2-6-10-26)12-22-19(28)13-27-14-23-18-8-4-3-7-17(18)20(27)29/h3-4,7-8,11,14H,2,5-6,9-10,12-13H2,1H3,(H,22,28). The molecule has 1 aliphatic rings. The van der Waals surface area contributed by atoms with Gasteiger partial charge in [-0.1, -0.05) is 12.1 Å². The van der Waals surface area contributed by atoms with Gasteiger partial charge in [0.05, 0.1) is 29.5 Å². The van der Waals surface area contributed by atoms with E-state index in [1.165, 1.54) is 17.3 Å². The minimum absolute atomic E-state index is 0.0836. The molecule has 8 heteroatoms. The summed E-state index contributed by atoms with van der Waals surface area (Å²) in [7, 11) is 0. The van der Waals surface area contributed by atoms with E-state index in [4.69, 9.17) is 0 Å². The van der Waals surface area contributed by atoms with Crippen LogP contribution >= 0.6 is 0 Å². The van der Waals surface area contributed by atoms with Gasteiger partial charge in [0.25, 0.3) is 5.56 Å². The maximum atomic E-state index is 12.5. The molecule has 1 saturated heterocycles. The number of amides is 1. The van der Waals surface area contributed by atoms with Crippen LogP contribution in [-0.2, 0) is 17.9 Å². The van der Waals surface area contributed by atoms with Crippen LogP contribution in [0.5, 0.6) is 0 Å². The van der Waals surface area contributed by atoms with E-state index in [1.54, 1.807) is 18.2 Å². The molecule has 150 valence electrons. The molecule has 1 amide bonds. The molecule has 3 heterocycles. The van der Waals surface area contributed by atoms with Crippen LogP contribution in [0.25, 0.3) is 10.9 Å². The summed E-state index contributed by atoms with van der Waals surface area (Å²) in [4.78, 5) is 40.5. The summed E-state index contributed by atoms with van der Waals surface area (Å²) < 4.78 is 1.32. The summed E-state index contributed by atoms with van der Waals surface area (Å²) in [5.74, 6) is 0.462. The Labute approximate surface area is 168 Å². The van der Waals surface area contributed by atoms with Gasteiger partial charge in [-0.2, -0.15) is 0 Å². The normalized spacial score (nSPS) is 14.2. The van der Waals surface area contributed by atoms with Crippen LogP contribution in [0.15, 0.2) is 41.5 Å². The molecule has 1 fully saturated rings. The van der Waals surface area contributed by atoms with E-state index in [0.29, 0.717) is 17.4 Å². The Morgan fingerprint density at radius 3 is 2.76 bits per heavy atom. The molecule has 1 aromatic carbocycles. The molecule has 8 nitrogen and oxygen atoms in total. The van der Waals surface area contributed by atoms with Crippen LogP contribution in [0.3, 0.4) is 0 Å². The third-order valence-corrected chi connectivity index (χ3v) is 5.05. The summed E-state index contributed by atoms with van der Waals surface area (Å²) in [6.07, 6.45) is 4.96. The average Bonchev–Trinajstić information content (AvgIpc) is 2.75. The predicted octanol–water partition coefficient (Wildman–Crippen LogP) is 1.80. The van der Waals surface area contributed by atoms with Crippen LogP contribution in [0.2, 0.25) is 0 Å². The van der Waals surface area contributed by atoms with Crippen LogP contribution in [0.1, 0.15) is 30.7 Å². The Morgan fingerprint density at radius 2 is 1.93 bits per heavy atom. The van der Waals surface area contributed by atoms with Crippen molar-refractivity contribution >= 4 is 22.8 Å². The fourth-order valence-corrected chi connectivity index (χ4v) is 3.56. The van der Waals surface area contributed by atoms with Gasteiger partial charge in [-0.25, -0.2) is 15.0 Å². The van der Waals surface area contributed by atoms with Crippen molar-refractivity contribution in [3.63, 3.8) is 0 Å². The Bertz CT molecular complexity index is 1090. The van der Waals surface area contributed by atoms with Crippen molar-refractivity contribution in [1.29, 1.82) is 0 Å². The lowest BCUT2D eigenvalue weighted by Gasteiger charge is -2.27. The van der Waals surface area contributed by atoms with Crippen LogP contribution in [0, 0.1) is 6.92 Å². The van der Waals surface area contributed by atoms with Gasteiger partial charge in [-0.05, 0) is 44.4 Å². The number of para-hydroxylation sites is 1. The molecule has 0 aliphatic carbocycles. The molecular formula is C21H24N6O2. The molecule has 0 spiro atoms. The Balaban J connectivity index is 1.43. The molecule has 0 radical (unpaired) electrons. The van der Waals surface area contributed by atoms with E-state index in [9.17, 15) is 9.59 Å². The SMILES string of the molecule is Cc1cc(CNC(=O)Cn2cnc3ccccc3c2=O)nc(N2CCCCC2)n1. The van der Waals surface area contributed by atoms with E-state index in [0.717, 1.165) is 43.3 Å². The first kappa shape index (κ1) is 19.0. The van der Waals surface area contributed by atoms with Crippen molar-refractivity contribution in [3.8, 4) is 0 Å². The fourth-order valence-electron chi connectivity index (χ4n) is 3.56. The third-order valence-electron chi connectivity index (χ3n) is 5.05. The summed E-state index contributed by atoms with van der Waals surface area (Å²) >= 11 is 0. The Kier molecular flexibility index (Phi) is 5.50. The number of benzene rings is 1. The van der Waals surface area contributed by atoms with Gasteiger partial charge in [0.2, 0.25) is 11.9 Å². The molecule has 0 unspecified atom stereocenters. The van der Waals surface area contributed by atoms with Gasteiger partial charge in [-0.3, -0.25) is 14.2 Å². The Hall–Kier alpha value is -3.29. The fraction of sp³-hybridized carbons (Fsp3) is 0.381. The number of aryl methyl sites for hydroxylation is 1. The number of hydrogen-bond donors (Lipinski definition) is 1. The highest BCUT2D eigenvalue weighted by atomic mass is 16.2. The number of fused-ring (bicyclic) bond motifs is 1. The maximum Gasteiger partial charge on any atom is 0.261 e. The van der Waals surface area contributed by atoms with Crippen molar-refractivity contribution in [3.05, 3.63) is 58.4 Å². The summed E-state index contributed by atoms with van der Waals surface area (Å²) in [5, 5.41) is 3.35. The first-order chi connectivity index (χ1) is 14.1. The van der Waals surface area contributed by atoms with E-state index < -0.39 is 0 Å². The van der Waals surface area contributed by atoms with Crippen molar-refractivity contribution < 1.29 is 4.79 Å². The number of nitrogens with zero attached hydrogens (tertiary/aromatic N) is 5. The van der Waals surface area contributed by atoms with Gasteiger partial charge < -0.3 is 10.2 Å². The third kappa shape index (κ3) is 4.42. The monoisotopic (exact) mass is 392 g/mol. The topological polar surface area (TPSA) is 93.0 Å². The highest BCUT2D eigenvalue weighted by molar-refractivity contribution is 5.78. The average molecular weight is 392 g/mol. The smallest absolute Gasteiger partial charge is 0.261 e. The molecule has 3 aromatic rings. The van der Waals surface area contributed by atoms with Gasteiger partial charge in [0.15, 0.2) is 0 Å². The minimum Gasteiger partial charge on any atom is -0.349 e. The summed E-state index contributed by atoms with van der Waals surface area (Å²) in [5.41, 5.74) is 2.03. The largest absolute Gasteiger partial charge is 0.349 e. The van der Waals surface area contributed by atoms with Crippen molar-refractivity contribution in [2.45, 2.75) is 39.3 Å². The molecule has 0 bridgehead atoms. The van der Waals surface area contributed by atoms with E-state index in [-0.39, 0.29) is 18.0 Å². The molecule has 1 aliphatic heterocycles. The Morgan fingerprint density at radius 1 is 1.14 bits per heavy atom. The summed E-state index contributed by atoms with van der Waals surface area (Å²) in [6, 6.07) is 8.97. The van der Waals surface area contributed by atoms with E-state index in [1.807, 2.05) is 19.1 Å². The van der Waals surface area contributed by atoms with E-state index >= 15 is 0 Å². The molecule has 1 N–H and O–H groups in total. The molecular weight excluding hydrogens is 368 g/mol. The zero-order valence-electron chi connectivity index (χ0n) is 16.5. The second-order valence-corrected chi connectivity index (χ2v) is 7.32. The second kappa shape index (κ2) is 8.38. The van der Waals surface area contributed by atoms with Crippen molar-refractivity contribution in [1.82, 2.24) is 24.8 Å². The lowest BCUT2D eigenvalue weighted by atomic mass is 10.1. The molecule has 4 rings (SSSR count). The van der Waals surface area contributed by atoms with Crippen LogP contribution < -0.4 is 15.8 Å². The number of nitrogens with one attached hydrogen (secondary N) is 1. The number of aromatic nitrogens is 4. The number of hydrogen-bond acceptors (Lipinski definition) is 6. The predicted molar refractivity (Wildman–Crippen MR) is 111 cm³/mol.